The molecule has 1 unspecified atom stereocenters. The third-order valence-electron chi connectivity index (χ3n) is 4.11. The van der Waals surface area contributed by atoms with E-state index in [2.05, 4.69) is 27.7 Å². The van der Waals surface area contributed by atoms with Crippen molar-refractivity contribution >= 4 is 0 Å². The van der Waals surface area contributed by atoms with Gasteiger partial charge in [0.05, 0.1) is 0 Å². The minimum atomic E-state index is 0.142. The molecule has 1 N–H and O–H groups in total. The third-order valence-corrected chi connectivity index (χ3v) is 4.11. The zero-order chi connectivity index (χ0) is 12.4. The second-order valence-electron chi connectivity index (χ2n) is 5.84. The molecule has 0 aliphatic carbocycles. The van der Waals surface area contributed by atoms with Gasteiger partial charge in [0.25, 0.3) is 0 Å². The van der Waals surface area contributed by atoms with Gasteiger partial charge >= 0.3 is 0 Å². The molecular formula is C15H32O. The van der Waals surface area contributed by atoms with Gasteiger partial charge in [-0.25, -0.2) is 0 Å². The van der Waals surface area contributed by atoms with Crippen LogP contribution in [0.5, 0.6) is 0 Å². The molecule has 1 nitrogen and oxygen atoms in total. The Bertz CT molecular complexity index is 154. The van der Waals surface area contributed by atoms with Crippen LogP contribution in [0, 0.1) is 11.3 Å². The van der Waals surface area contributed by atoms with Gasteiger partial charge in [-0.15, -0.1) is 0 Å². The van der Waals surface area contributed by atoms with E-state index in [9.17, 15) is 5.11 Å². The summed E-state index contributed by atoms with van der Waals surface area (Å²) in [4.78, 5) is 0. The van der Waals surface area contributed by atoms with Crippen molar-refractivity contribution in [3.63, 3.8) is 0 Å². The van der Waals surface area contributed by atoms with Gasteiger partial charge < -0.3 is 5.11 Å². The minimum Gasteiger partial charge on any atom is -0.396 e. The molecule has 0 bridgehead atoms. The third kappa shape index (κ3) is 6.52. The van der Waals surface area contributed by atoms with E-state index in [-0.39, 0.29) is 5.41 Å². The zero-order valence-electron chi connectivity index (χ0n) is 11.9. The van der Waals surface area contributed by atoms with Crippen molar-refractivity contribution in [2.75, 3.05) is 6.61 Å². The van der Waals surface area contributed by atoms with Gasteiger partial charge in [-0.1, -0.05) is 72.6 Å². The summed E-state index contributed by atoms with van der Waals surface area (Å²) < 4.78 is 0. The Labute approximate surface area is 103 Å². The van der Waals surface area contributed by atoms with Crippen molar-refractivity contribution in [1.82, 2.24) is 0 Å². The van der Waals surface area contributed by atoms with Crippen LogP contribution in [0.2, 0.25) is 0 Å². The molecule has 1 heteroatoms. The molecule has 0 aromatic rings. The number of hydrogen-bond donors (Lipinski definition) is 1. The van der Waals surface area contributed by atoms with Crippen molar-refractivity contribution in [1.29, 1.82) is 0 Å². The summed E-state index contributed by atoms with van der Waals surface area (Å²) in [5, 5.41) is 9.43. The van der Waals surface area contributed by atoms with Gasteiger partial charge in [-0.05, 0) is 17.8 Å². The van der Waals surface area contributed by atoms with Gasteiger partial charge in [0.1, 0.15) is 0 Å². The second kappa shape index (κ2) is 9.04. The lowest BCUT2D eigenvalue weighted by Crippen LogP contribution is -2.27. The fourth-order valence-corrected chi connectivity index (χ4v) is 2.04. The van der Waals surface area contributed by atoms with Crippen LogP contribution in [-0.2, 0) is 0 Å². The van der Waals surface area contributed by atoms with E-state index in [1.54, 1.807) is 0 Å². The molecule has 16 heavy (non-hydrogen) atoms. The van der Waals surface area contributed by atoms with E-state index in [4.69, 9.17) is 0 Å². The lowest BCUT2D eigenvalue weighted by molar-refractivity contribution is 0.0824. The first-order valence-corrected chi connectivity index (χ1v) is 7.17. The number of hydrogen-bond acceptors (Lipinski definition) is 1. The maximum atomic E-state index is 9.43. The fourth-order valence-electron chi connectivity index (χ4n) is 2.04. The summed E-state index contributed by atoms with van der Waals surface area (Å²) in [5.74, 6) is 0.581. The van der Waals surface area contributed by atoms with Crippen LogP contribution in [0.3, 0.4) is 0 Å². The van der Waals surface area contributed by atoms with Crippen molar-refractivity contribution < 1.29 is 5.11 Å². The zero-order valence-corrected chi connectivity index (χ0v) is 11.9. The standard InChI is InChI=1S/C15H32O/c1-5-6-7-8-9-10-11-12-15(4,13-16)14(2)3/h14,16H,5-13H2,1-4H3. The van der Waals surface area contributed by atoms with Gasteiger partial charge in [0.2, 0.25) is 0 Å². The van der Waals surface area contributed by atoms with Crippen LogP contribution in [0.1, 0.15) is 79.1 Å². The molecular weight excluding hydrogens is 196 g/mol. The highest BCUT2D eigenvalue weighted by Gasteiger charge is 2.26. The van der Waals surface area contributed by atoms with Crippen LogP contribution >= 0.6 is 0 Å². The molecule has 0 radical (unpaired) electrons. The van der Waals surface area contributed by atoms with Gasteiger partial charge in [-0.2, -0.15) is 0 Å². The average molecular weight is 228 g/mol. The van der Waals surface area contributed by atoms with Crippen LogP contribution in [-0.4, -0.2) is 11.7 Å². The van der Waals surface area contributed by atoms with Crippen molar-refractivity contribution in [3.05, 3.63) is 0 Å². The number of unbranched alkanes of at least 4 members (excludes halogenated alkanes) is 6. The minimum absolute atomic E-state index is 0.142. The largest absolute Gasteiger partial charge is 0.396 e. The molecule has 0 aromatic carbocycles. The highest BCUT2D eigenvalue weighted by molar-refractivity contribution is 4.76. The molecule has 0 rings (SSSR count). The molecule has 0 aliphatic heterocycles. The van der Waals surface area contributed by atoms with E-state index < -0.39 is 0 Å². The number of rotatable bonds is 10. The summed E-state index contributed by atoms with van der Waals surface area (Å²) in [6.45, 7) is 9.25. The highest BCUT2D eigenvalue weighted by Crippen LogP contribution is 2.32. The molecule has 0 saturated carbocycles. The van der Waals surface area contributed by atoms with Gasteiger partial charge in [0, 0.05) is 6.61 Å². The Morgan fingerprint density at radius 3 is 1.88 bits per heavy atom. The first-order chi connectivity index (χ1) is 7.56. The van der Waals surface area contributed by atoms with Crippen LogP contribution < -0.4 is 0 Å². The first kappa shape index (κ1) is 16.0. The van der Waals surface area contributed by atoms with E-state index in [0.717, 1.165) is 0 Å². The molecule has 1 atom stereocenters. The van der Waals surface area contributed by atoms with E-state index in [1.165, 1.54) is 51.4 Å². The summed E-state index contributed by atoms with van der Waals surface area (Å²) in [6.07, 6.45) is 10.7. The average Bonchev–Trinajstić information content (AvgIpc) is 2.27. The number of aliphatic hydroxyl groups is 1. The van der Waals surface area contributed by atoms with Crippen LogP contribution in [0.25, 0.3) is 0 Å². The maximum Gasteiger partial charge on any atom is 0.0487 e. The Balaban J connectivity index is 3.49. The topological polar surface area (TPSA) is 20.2 Å². The van der Waals surface area contributed by atoms with Gasteiger partial charge in [0.15, 0.2) is 0 Å². The highest BCUT2D eigenvalue weighted by atomic mass is 16.3. The second-order valence-corrected chi connectivity index (χ2v) is 5.84. The SMILES string of the molecule is CCCCCCCCCC(C)(CO)C(C)C. The molecule has 0 spiro atoms. The Kier molecular flexibility index (Phi) is 9.02. The summed E-state index contributed by atoms with van der Waals surface area (Å²) in [7, 11) is 0. The van der Waals surface area contributed by atoms with E-state index in [0.29, 0.717) is 12.5 Å². The Hall–Kier alpha value is -0.0400. The lowest BCUT2D eigenvalue weighted by Gasteiger charge is -2.31. The fraction of sp³-hybridized carbons (Fsp3) is 1.00. The molecule has 0 aromatic heterocycles. The Morgan fingerprint density at radius 2 is 1.44 bits per heavy atom. The molecule has 0 fully saturated rings. The smallest absolute Gasteiger partial charge is 0.0487 e. The summed E-state index contributed by atoms with van der Waals surface area (Å²) in [6, 6.07) is 0. The van der Waals surface area contributed by atoms with Crippen molar-refractivity contribution in [2.45, 2.75) is 79.1 Å². The maximum absolute atomic E-state index is 9.43. The first-order valence-electron chi connectivity index (χ1n) is 7.17. The quantitative estimate of drug-likeness (QED) is 0.533. The summed E-state index contributed by atoms with van der Waals surface area (Å²) in [5.41, 5.74) is 0.142. The van der Waals surface area contributed by atoms with Crippen LogP contribution in [0.15, 0.2) is 0 Å². The number of aliphatic hydroxyl groups excluding tert-OH is 1. The van der Waals surface area contributed by atoms with Crippen LogP contribution in [0.4, 0.5) is 0 Å². The molecule has 0 amide bonds. The van der Waals surface area contributed by atoms with Crippen molar-refractivity contribution in [2.24, 2.45) is 11.3 Å². The molecule has 0 aliphatic rings. The molecule has 98 valence electrons. The summed E-state index contributed by atoms with van der Waals surface area (Å²) >= 11 is 0. The predicted molar refractivity (Wildman–Crippen MR) is 72.6 cm³/mol. The Morgan fingerprint density at radius 1 is 0.938 bits per heavy atom. The van der Waals surface area contributed by atoms with Gasteiger partial charge in [-0.3, -0.25) is 0 Å². The predicted octanol–water partition coefficient (Wildman–Crippen LogP) is 4.78. The van der Waals surface area contributed by atoms with E-state index in [1.807, 2.05) is 0 Å². The van der Waals surface area contributed by atoms with E-state index >= 15 is 0 Å². The molecule has 0 heterocycles. The molecule has 0 saturated heterocycles. The normalized spacial score (nSPS) is 15.4. The van der Waals surface area contributed by atoms with Crippen molar-refractivity contribution in [3.8, 4) is 0 Å². The lowest BCUT2D eigenvalue weighted by atomic mass is 9.76. The monoisotopic (exact) mass is 228 g/mol.